The quantitative estimate of drug-likeness (QED) is 0.385. The molecule has 26 heavy (non-hydrogen) atoms. The third-order valence-electron chi connectivity index (χ3n) is 4.04. The van der Waals surface area contributed by atoms with Crippen molar-refractivity contribution in [1.82, 2.24) is 14.5 Å². The normalized spacial score (nSPS) is 11.2. The maximum absolute atomic E-state index is 12.5. The van der Waals surface area contributed by atoms with Gasteiger partial charge in [0, 0.05) is 16.0 Å². The van der Waals surface area contributed by atoms with Crippen molar-refractivity contribution in [1.29, 1.82) is 0 Å². The maximum atomic E-state index is 12.5. The van der Waals surface area contributed by atoms with E-state index in [1.807, 2.05) is 32.2 Å². The Bertz CT molecular complexity index is 1210. The van der Waals surface area contributed by atoms with E-state index >= 15 is 0 Å². The zero-order chi connectivity index (χ0) is 18.4. The van der Waals surface area contributed by atoms with E-state index in [-0.39, 0.29) is 5.89 Å². The number of fused-ring (bicyclic) bond motifs is 1. The highest BCUT2D eigenvalue weighted by molar-refractivity contribution is 14.1. The average Bonchev–Trinajstić information content (AvgIpc) is 2.97. The molecule has 5 nitrogen and oxygen atoms in total. The molecule has 0 aliphatic rings. The summed E-state index contributed by atoms with van der Waals surface area (Å²) in [5, 5.41) is 0.977. The molecule has 1 aromatic carbocycles. The van der Waals surface area contributed by atoms with Gasteiger partial charge in [-0.2, -0.15) is 0 Å². The van der Waals surface area contributed by atoms with Crippen LogP contribution < -0.4 is 5.63 Å². The van der Waals surface area contributed by atoms with Crippen LogP contribution >= 0.6 is 34.2 Å². The topological polar surface area (TPSA) is 60.9 Å². The van der Waals surface area contributed by atoms with Crippen LogP contribution in [0.3, 0.4) is 0 Å². The van der Waals surface area contributed by atoms with E-state index in [0.29, 0.717) is 27.4 Å². The van der Waals surface area contributed by atoms with Crippen LogP contribution in [0.4, 0.5) is 0 Å². The maximum Gasteiger partial charge on any atom is 0.347 e. The Hall–Kier alpha value is -2.19. The number of aromatic nitrogens is 3. The van der Waals surface area contributed by atoms with Crippen molar-refractivity contribution in [3.63, 3.8) is 0 Å². The van der Waals surface area contributed by atoms with Crippen molar-refractivity contribution in [2.24, 2.45) is 0 Å². The van der Waals surface area contributed by atoms with Gasteiger partial charge in [0.15, 0.2) is 5.82 Å². The van der Waals surface area contributed by atoms with Crippen molar-refractivity contribution < 1.29 is 4.42 Å². The van der Waals surface area contributed by atoms with E-state index in [2.05, 4.69) is 32.6 Å². The van der Waals surface area contributed by atoms with Crippen molar-refractivity contribution in [2.75, 3.05) is 0 Å². The third-order valence-corrected chi connectivity index (χ3v) is 4.93. The summed E-state index contributed by atoms with van der Waals surface area (Å²) in [5.41, 5.74) is 2.77. The highest BCUT2D eigenvalue weighted by Gasteiger charge is 2.18. The highest BCUT2D eigenvalue weighted by Crippen LogP contribution is 2.29. The van der Waals surface area contributed by atoms with Crippen LogP contribution in [-0.2, 0) is 0 Å². The second-order valence-electron chi connectivity index (χ2n) is 6.01. The van der Waals surface area contributed by atoms with Crippen molar-refractivity contribution in [3.05, 3.63) is 72.9 Å². The predicted molar refractivity (Wildman–Crippen MR) is 110 cm³/mol. The van der Waals surface area contributed by atoms with Crippen LogP contribution in [0.15, 0.2) is 51.9 Å². The predicted octanol–water partition coefficient (Wildman–Crippen LogP) is 4.92. The lowest BCUT2D eigenvalue weighted by molar-refractivity contribution is 0.514. The molecule has 0 fully saturated rings. The molecule has 7 heteroatoms. The van der Waals surface area contributed by atoms with Gasteiger partial charge in [-0.05, 0) is 71.8 Å². The number of halogens is 2. The molecule has 0 saturated carbocycles. The molecule has 0 amide bonds. The van der Waals surface area contributed by atoms with Gasteiger partial charge in [0.2, 0.25) is 5.89 Å². The minimum atomic E-state index is -0.410. The average molecular weight is 478 g/mol. The van der Waals surface area contributed by atoms with Gasteiger partial charge in [0.25, 0.3) is 0 Å². The SMILES string of the molecule is Cc1cc(C)c2nc(-c3cc(I)cn3-c3ncccc3Cl)oc(=O)c2c1. The molecule has 0 aliphatic carbocycles. The molecular weight excluding hydrogens is 465 g/mol. The van der Waals surface area contributed by atoms with Gasteiger partial charge >= 0.3 is 5.63 Å². The number of pyridine rings is 1. The molecule has 130 valence electrons. The number of hydrogen-bond donors (Lipinski definition) is 0. The molecule has 0 saturated heterocycles. The molecular formula is C19H13ClIN3O2. The van der Waals surface area contributed by atoms with E-state index in [1.165, 1.54) is 0 Å². The second-order valence-corrected chi connectivity index (χ2v) is 7.66. The van der Waals surface area contributed by atoms with E-state index < -0.39 is 5.63 Å². The lowest BCUT2D eigenvalue weighted by atomic mass is 10.1. The number of nitrogens with zero attached hydrogens (tertiary/aromatic N) is 3. The number of rotatable bonds is 2. The lowest BCUT2D eigenvalue weighted by Gasteiger charge is -2.09. The van der Waals surface area contributed by atoms with Gasteiger partial charge in [-0.3, -0.25) is 4.57 Å². The summed E-state index contributed by atoms with van der Waals surface area (Å²) in [6.07, 6.45) is 3.53. The Kier molecular flexibility index (Phi) is 4.32. The minimum Gasteiger partial charge on any atom is -0.401 e. The fourth-order valence-electron chi connectivity index (χ4n) is 2.97. The van der Waals surface area contributed by atoms with E-state index in [1.54, 1.807) is 29.0 Å². The second kappa shape index (κ2) is 6.51. The van der Waals surface area contributed by atoms with Crippen molar-refractivity contribution >= 4 is 45.1 Å². The van der Waals surface area contributed by atoms with Gasteiger partial charge in [-0.1, -0.05) is 17.7 Å². The molecule has 0 radical (unpaired) electrons. The Morgan fingerprint density at radius 3 is 2.81 bits per heavy atom. The van der Waals surface area contributed by atoms with Gasteiger partial charge in [-0.25, -0.2) is 14.8 Å². The summed E-state index contributed by atoms with van der Waals surface area (Å²) in [4.78, 5) is 21.5. The Morgan fingerprint density at radius 2 is 2.04 bits per heavy atom. The molecule has 0 atom stereocenters. The summed E-state index contributed by atoms with van der Waals surface area (Å²) >= 11 is 8.49. The van der Waals surface area contributed by atoms with Crippen LogP contribution in [0.2, 0.25) is 5.02 Å². The minimum absolute atomic E-state index is 0.235. The van der Waals surface area contributed by atoms with Crippen LogP contribution in [0.1, 0.15) is 11.1 Å². The van der Waals surface area contributed by atoms with E-state index in [4.69, 9.17) is 16.0 Å². The summed E-state index contributed by atoms with van der Waals surface area (Å²) in [6.45, 7) is 3.88. The molecule has 3 heterocycles. The molecule has 4 aromatic rings. The molecule has 0 aliphatic heterocycles. The summed E-state index contributed by atoms with van der Waals surface area (Å²) in [5.74, 6) is 0.788. The zero-order valence-electron chi connectivity index (χ0n) is 14.0. The fourth-order valence-corrected chi connectivity index (χ4v) is 3.75. The molecule has 3 aromatic heterocycles. The Morgan fingerprint density at radius 1 is 1.23 bits per heavy atom. The number of benzene rings is 1. The molecule has 0 spiro atoms. The Balaban J connectivity index is 2.01. The van der Waals surface area contributed by atoms with Gasteiger partial charge in [0.05, 0.1) is 15.9 Å². The first-order valence-electron chi connectivity index (χ1n) is 7.85. The fraction of sp³-hybridized carbons (Fsp3) is 0.105. The highest BCUT2D eigenvalue weighted by atomic mass is 127. The first kappa shape index (κ1) is 17.2. The van der Waals surface area contributed by atoms with Crippen LogP contribution in [0.5, 0.6) is 0 Å². The first-order chi connectivity index (χ1) is 12.4. The summed E-state index contributed by atoms with van der Waals surface area (Å²) < 4.78 is 8.27. The first-order valence-corrected chi connectivity index (χ1v) is 9.31. The zero-order valence-corrected chi connectivity index (χ0v) is 16.9. The van der Waals surface area contributed by atoms with Crippen molar-refractivity contribution in [3.8, 4) is 17.4 Å². The Labute approximate surface area is 167 Å². The number of hydrogen-bond acceptors (Lipinski definition) is 4. The third kappa shape index (κ3) is 2.93. The van der Waals surface area contributed by atoms with E-state index in [0.717, 1.165) is 14.7 Å². The van der Waals surface area contributed by atoms with Crippen LogP contribution in [-0.4, -0.2) is 14.5 Å². The monoisotopic (exact) mass is 477 g/mol. The molecule has 0 unspecified atom stereocenters. The smallest absolute Gasteiger partial charge is 0.347 e. The molecule has 4 rings (SSSR count). The van der Waals surface area contributed by atoms with Crippen molar-refractivity contribution in [2.45, 2.75) is 13.8 Å². The lowest BCUT2D eigenvalue weighted by Crippen LogP contribution is -2.07. The van der Waals surface area contributed by atoms with Gasteiger partial charge < -0.3 is 4.42 Å². The molecule has 0 N–H and O–H groups in total. The number of aryl methyl sites for hydroxylation is 2. The standard InChI is InChI=1S/C19H13ClIN3O2/c1-10-6-11(2)16-13(7-10)19(25)26-18(23-16)15-8-12(21)9-24(15)17-14(20)4-3-5-22-17/h3-9H,1-2H3. The van der Waals surface area contributed by atoms with Crippen LogP contribution in [0.25, 0.3) is 28.3 Å². The van der Waals surface area contributed by atoms with Gasteiger partial charge in [-0.15, -0.1) is 0 Å². The molecule has 0 bridgehead atoms. The summed E-state index contributed by atoms with van der Waals surface area (Å²) in [6, 6.07) is 9.20. The largest absolute Gasteiger partial charge is 0.401 e. The van der Waals surface area contributed by atoms with E-state index in [9.17, 15) is 4.79 Å². The summed E-state index contributed by atoms with van der Waals surface area (Å²) in [7, 11) is 0. The van der Waals surface area contributed by atoms with Gasteiger partial charge in [0.1, 0.15) is 5.69 Å². The van der Waals surface area contributed by atoms with Crippen LogP contribution in [0, 0.1) is 17.4 Å².